The van der Waals surface area contributed by atoms with Crippen molar-refractivity contribution >= 4 is 18.0 Å². The summed E-state index contributed by atoms with van der Waals surface area (Å²) in [6.45, 7) is 5.84. The van der Waals surface area contributed by atoms with Crippen molar-refractivity contribution in [2.75, 3.05) is 33.9 Å². The fourth-order valence-electron chi connectivity index (χ4n) is 7.98. The maximum atomic E-state index is 13.9. The fourth-order valence-corrected chi connectivity index (χ4v) is 7.98. The number of hydrogen-bond acceptors (Lipinski definition) is 6. The molecule has 40 heavy (non-hydrogen) atoms. The maximum Gasteiger partial charge on any atom is 0.337 e. The number of likely N-dealkylation sites (N-methyl/N-ethyl adjacent to an activating group) is 1. The van der Waals surface area contributed by atoms with Crippen molar-refractivity contribution in [1.82, 2.24) is 9.80 Å². The van der Waals surface area contributed by atoms with Gasteiger partial charge in [-0.3, -0.25) is 4.79 Å². The number of likely N-dealkylation sites (tertiary alicyclic amines) is 1. The zero-order valence-electron chi connectivity index (χ0n) is 24.0. The normalized spacial score (nSPS) is 28.3. The number of rotatable bonds is 8. The first-order valence-corrected chi connectivity index (χ1v) is 14.6. The number of piperidine rings is 1. The number of amides is 1. The highest BCUT2D eigenvalue weighted by Crippen LogP contribution is 2.64. The van der Waals surface area contributed by atoms with E-state index in [9.17, 15) is 9.59 Å². The molecule has 1 saturated heterocycles. The lowest BCUT2D eigenvalue weighted by Crippen LogP contribution is -2.68. The second-order valence-electron chi connectivity index (χ2n) is 12.3. The lowest BCUT2D eigenvalue weighted by atomic mass is 9.51. The molecule has 1 spiro atoms. The first-order valence-electron chi connectivity index (χ1n) is 14.6. The summed E-state index contributed by atoms with van der Waals surface area (Å²) < 4.78 is 17.7. The molecule has 2 heterocycles. The van der Waals surface area contributed by atoms with Gasteiger partial charge < -0.3 is 24.0 Å². The zero-order chi connectivity index (χ0) is 28.0. The Kier molecular flexibility index (Phi) is 7.21. The highest BCUT2D eigenvalue weighted by molar-refractivity contribution is 5.92. The molecular weight excluding hydrogens is 504 g/mol. The molecule has 5 atom stereocenters. The van der Waals surface area contributed by atoms with E-state index in [0.717, 1.165) is 37.8 Å². The van der Waals surface area contributed by atoms with Gasteiger partial charge in [-0.05, 0) is 74.4 Å². The monoisotopic (exact) mass is 544 g/mol. The summed E-state index contributed by atoms with van der Waals surface area (Å²) in [4.78, 5) is 30.9. The van der Waals surface area contributed by atoms with Crippen LogP contribution in [-0.2, 0) is 26.2 Å². The Balaban J connectivity index is 1.40. The van der Waals surface area contributed by atoms with E-state index in [2.05, 4.69) is 36.8 Å². The molecule has 2 fully saturated rings. The molecule has 1 saturated carbocycles. The van der Waals surface area contributed by atoms with Crippen LogP contribution in [0.2, 0.25) is 0 Å². The third-order valence-electron chi connectivity index (χ3n) is 9.50. The molecule has 6 rings (SSSR count). The summed E-state index contributed by atoms with van der Waals surface area (Å²) in [5.41, 5.74) is 3.30. The molecule has 2 bridgehead atoms. The molecular formula is C33H40N2O5. The van der Waals surface area contributed by atoms with Gasteiger partial charge in [-0.2, -0.15) is 0 Å². The molecule has 2 aromatic carbocycles. The van der Waals surface area contributed by atoms with E-state index in [1.165, 1.54) is 18.2 Å². The Morgan fingerprint density at radius 3 is 2.73 bits per heavy atom. The lowest BCUT2D eigenvalue weighted by Gasteiger charge is -2.60. The summed E-state index contributed by atoms with van der Waals surface area (Å²) in [6.07, 6.45) is 7.29. The number of carbonyl (C=O) groups is 2. The van der Waals surface area contributed by atoms with Gasteiger partial charge in [0.25, 0.3) is 0 Å². The Bertz CT molecular complexity index is 1310. The van der Waals surface area contributed by atoms with Crippen LogP contribution in [0.15, 0.2) is 48.5 Å². The number of carbonyl (C=O) groups excluding carboxylic acids is 2. The van der Waals surface area contributed by atoms with E-state index in [1.807, 2.05) is 42.5 Å². The van der Waals surface area contributed by atoms with E-state index >= 15 is 0 Å². The Labute approximate surface area is 237 Å². The Morgan fingerprint density at radius 1 is 1.18 bits per heavy atom. The lowest BCUT2D eigenvalue weighted by molar-refractivity contribution is -0.138. The summed E-state index contributed by atoms with van der Waals surface area (Å²) in [6, 6.07) is 14.3. The molecule has 2 unspecified atom stereocenters. The maximum absolute atomic E-state index is 13.9. The van der Waals surface area contributed by atoms with Crippen LogP contribution in [-0.4, -0.2) is 73.7 Å². The summed E-state index contributed by atoms with van der Waals surface area (Å²) in [5, 5.41) is 0. The van der Waals surface area contributed by atoms with Crippen molar-refractivity contribution < 1.29 is 23.8 Å². The fraction of sp³-hybridized carbons (Fsp3) is 0.515. The van der Waals surface area contributed by atoms with Crippen LogP contribution in [0, 0.1) is 11.8 Å². The van der Waals surface area contributed by atoms with Gasteiger partial charge in [0.05, 0.1) is 6.04 Å². The van der Waals surface area contributed by atoms with E-state index in [-0.39, 0.29) is 30.1 Å². The molecule has 1 amide bonds. The van der Waals surface area contributed by atoms with Gasteiger partial charge in [-0.25, -0.2) is 4.79 Å². The number of nitrogens with zero attached hydrogens (tertiary/aromatic N) is 2. The van der Waals surface area contributed by atoms with Crippen molar-refractivity contribution in [2.45, 2.75) is 63.1 Å². The average Bonchev–Trinajstić information content (AvgIpc) is 3.29. The second kappa shape index (κ2) is 10.7. The second-order valence-corrected chi connectivity index (χ2v) is 12.3. The molecule has 7 heteroatoms. The summed E-state index contributed by atoms with van der Waals surface area (Å²) in [7, 11) is 3.72. The first kappa shape index (κ1) is 27.0. The van der Waals surface area contributed by atoms with Crippen molar-refractivity contribution in [3.8, 4) is 11.5 Å². The molecule has 2 aliphatic heterocycles. The highest BCUT2D eigenvalue weighted by Gasteiger charge is 2.66. The SMILES string of the molecule is COCC(=O)Oc1ccc2c3c1OC1C(N(CC(C)C)C(=O)/C=C/c4ccccc4)CC[C@H]4[C@@H](C2)N(C)CC[C@]314. The van der Waals surface area contributed by atoms with Crippen LogP contribution in [0.4, 0.5) is 0 Å². The van der Waals surface area contributed by atoms with Crippen molar-refractivity contribution in [3.63, 3.8) is 0 Å². The summed E-state index contributed by atoms with van der Waals surface area (Å²) in [5.74, 6) is 1.48. The third-order valence-corrected chi connectivity index (χ3v) is 9.50. The predicted octanol–water partition coefficient (Wildman–Crippen LogP) is 4.47. The van der Waals surface area contributed by atoms with Crippen LogP contribution in [0.3, 0.4) is 0 Å². The number of ether oxygens (including phenoxy) is 3. The molecule has 0 N–H and O–H groups in total. The Morgan fingerprint density at radius 2 is 1.98 bits per heavy atom. The quantitative estimate of drug-likeness (QED) is 0.278. The highest BCUT2D eigenvalue weighted by atomic mass is 16.6. The van der Waals surface area contributed by atoms with Crippen LogP contribution in [0.25, 0.3) is 6.08 Å². The van der Waals surface area contributed by atoms with E-state index < -0.39 is 5.97 Å². The third kappa shape index (κ3) is 4.44. The van der Waals surface area contributed by atoms with Crippen molar-refractivity contribution in [1.29, 1.82) is 0 Å². The molecule has 0 radical (unpaired) electrons. The van der Waals surface area contributed by atoms with Crippen molar-refractivity contribution in [2.24, 2.45) is 11.8 Å². The van der Waals surface area contributed by atoms with Gasteiger partial charge in [0.15, 0.2) is 11.5 Å². The van der Waals surface area contributed by atoms with Gasteiger partial charge >= 0.3 is 5.97 Å². The minimum absolute atomic E-state index is 0.0178. The minimum Gasteiger partial charge on any atom is -0.483 e. The van der Waals surface area contributed by atoms with Gasteiger partial charge in [0.1, 0.15) is 12.7 Å². The standard InChI is InChI=1S/C33H40N2O5/c1-21(2)19-35(28(36)15-10-22-8-6-5-7-9-22)25-13-12-24-26-18-23-11-14-27(39-29(37)20-38-4)31-30(23)33(24,32(25)40-31)16-17-34(26)3/h5-11,14-15,21,24-26,32H,12-13,16-20H2,1-4H3/b15-10+/t24-,25?,26+,32?,33-/m0/s1. The molecule has 0 aromatic heterocycles. The molecule has 7 nitrogen and oxygen atoms in total. The molecule has 2 aromatic rings. The largest absolute Gasteiger partial charge is 0.483 e. The van der Waals surface area contributed by atoms with Crippen molar-refractivity contribution in [3.05, 3.63) is 65.2 Å². The molecule has 212 valence electrons. The molecule has 2 aliphatic carbocycles. The zero-order valence-corrected chi connectivity index (χ0v) is 24.0. The van der Waals surface area contributed by atoms with Crippen LogP contribution in [0.1, 0.15) is 49.8 Å². The van der Waals surface area contributed by atoms with E-state index in [0.29, 0.717) is 35.9 Å². The predicted molar refractivity (Wildman–Crippen MR) is 153 cm³/mol. The number of hydrogen-bond donors (Lipinski definition) is 0. The molecule has 4 aliphatic rings. The van der Waals surface area contributed by atoms with E-state index in [1.54, 1.807) is 6.08 Å². The van der Waals surface area contributed by atoms with Crippen LogP contribution >= 0.6 is 0 Å². The smallest absolute Gasteiger partial charge is 0.337 e. The first-order chi connectivity index (χ1) is 19.3. The van der Waals surface area contributed by atoms with Crippen LogP contribution in [0.5, 0.6) is 11.5 Å². The number of esters is 1. The number of methoxy groups -OCH3 is 1. The topological polar surface area (TPSA) is 68.3 Å². The van der Waals surface area contributed by atoms with Gasteiger partial charge in [0.2, 0.25) is 5.91 Å². The minimum atomic E-state index is -0.442. The van der Waals surface area contributed by atoms with Gasteiger partial charge in [-0.1, -0.05) is 50.2 Å². The average molecular weight is 545 g/mol. The van der Waals surface area contributed by atoms with Gasteiger partial charge in [-0.15, -0.1) is 0 Å². The van der Waals surface area contributed by atoms with E-state index in [4.69, 9.17) is 14.2 Å². The Hall–Kier alpha value is -3.16. The number of benzene rings is 2. The van der Waals surface area contributed by atoms with Crippen LogP contribution < -0.4 is 9.47 Å². The summed E-state index contributed by atoms with van der Waals surface area (Å²) >= 11 is 0. The van der Waals surface area contributed by atoms with Gasteiger partial charge in [0, 0.05) is 36.8 Å².